The molecule has 0 aliphatic rings. The van der Waals surface area contributed by atoms with Crippen LogP contribution in [0.15, 0.2) is 17.3 Å². The van der Waals surface area contributed by atoms with Crippen LogP contribution in [0, 0.1) is 0 Å². The Morgan fingerprint density at radius 3 is 2.57 bits per heavy atom. The summed E-state index contributed by atoms with van der Waals surface area (Å²) in [7, 11) is 3.80. The smallest absolute Gasteiger partial charge is 0.0773 e. The first-order valence-electron chi connectivity index (χ1n) is 5.14. The molecule has 1 atom stereocenters. The molecule has 0 amide bonds. The monoisotopic (exact) mass is 198 g/mol. The second-order valence-corrected chi connectivity index (χ2v) is 3.56. The highest BCUT2D eigenvalue weighted by Crippen LogP contribution is 2.04. The predicted octanol–water partition coefficient (Wildman–Crippen LogP) is 2.03. The van der Waals surface area contributed by atoms with E-state index in [0.717, 1.165) is 18.6 Å². The first kappa shape index (κ1) is 13.2. The highest BCUT2D eigenvalue weighted by molar-refractivity contribution is 5.84. The van der Waals surface area contributed by atoms with E-state index in [9.17, 15) is 5.11 Å². The van der Waals surface area contributed by atoms with E-state index in [4.69, 9.17) is 0 Å². The number of nitrogens with zero attached hydrogens (tertiary/aromatic N) is 2. The largest absolute Gasteiger partial charge is 0.389 e. The van der Waals surface area contributed by atoms with Crippen molar-refractivity contribution >= 4 is 5.71 Å². The van der Waals surface area contributed by atoms with Crippen molar-refractivity contribution < 1.29 is 5.11 Å². The lowest BCUT2D eigenvalue weighted by atomic mass is 10.1. The van der Waals surface area contributed by atoms with E-state index in [1.54, 1.807) is 11.1 Å². The van der Waals surface area contributed by atoms with E-state index in [1.807, 2.05) is 27.1 Å². The van der Waals surface area contributed by atoms with Crippen molar-refractivity contribution in [3.63, 3.8) is 0 Å². The third kappa shape index (κ3) is 6.66. The Bertz CT molecular complexity index is 197. The Kier molecular flexibility index (Phi) is 7.11. The van der Waals surface area contributed by atoms with Gasteiger partial charge in [0.2, 0.25) is 0 Å². The zero-order valence-corrected chi connectivity index (χ0v) is 9.70. The molecule has 0 aliphatic heterocycles. The maximum absolute atomic E-state index is 9.57. The highest BCUT2D eigenvalue weighted by atomic mass is 16.3. The topological polar surface area (TPSA) is 35.8 Å². The van der Waals surface area contributed by atoms with Gasteiger partial charge in [-0.1, -0.05) is 25.5 Å². The third-order valence-electron chi connectivity index (χ3n) is 1.74. The fourth-order valence-corrected chi connectivity index (χ4v) is 1.30. The normalized spacial score (nSPS) is 14.8. The molecule has 0 fully saturated rings. The predicted molar refractivity (Wildman–Crippen MR) is 61.5 cm³/mol. The minimum Gasteiger partial charge on any atom is -0.389 e. The number of rotatable bonds is 6. The molecule has 0 aliphatic carbocycles. The maximum atomic E-state index is 9.57. The van der Waals surface area contributed by atoms with Gasteiger partial charge >= 0.3 is 0 Å². The van der Waals surface area contributed by atoms with Gasteiger partial charge in [-0.05, 0) is 13.3 Å². The second-order valence-electron chi connectivity index (χ2n) is 3.56. The van der Waals surface area contributed by atoms with E-state index in [-0.39, 0.29) is 0 Å². The van der Waals surface area contributed by atoms with Gasteiger partial charge in [-0.2, -0.15) is 5.10 Å². The van der Waals surface area contributed by atoms with Crippen molar-refractivity contribution in [2.24, 2.45) is 5.10 Å². The molecule has 0 saturated heterocycles. The average Bonchev–Trinajstić information content (AvgIpc) is 2.03. The van der Waals surface area contributed by atoms with Crippen LogP contribution in [0.25, 0.3) is 0 Å². The second kappa shape index (κ2) is 7.56. The Balaban J connectivity index is 4.22. The summed E-state index contributed by atoms with van der Waals surface area (Å²) in [4.78, 5) is 0. The molecule has 1 N–H and O–H groups in total. The number of hydrogen-bond acceptors (Lipinski definition) is 3. The zero-order chi connectivity index (χ0) is 11.0. The van der Waals surface area contributed by atoms with Crippen LogP contribution >= 0.6 is 0 Å². The number of allylic oxidation sites excluding steroid dienone is 1. The molecule has 0 bridgehead atoms. The number of aliphatic hydroxyl groups is 1. The highest BCUT2D eigenvalue weighted by Gasteiger charge is 2.05. The van der Waals surface area contributed by atoms with E-state index in [0.29, 0.717) is 6.42 Å². The number of hydrogen-bond donors (Lipinski definition) is 1. The van der Waals surface area contributed by atoms with Crippen LogP contribution in [0.3, 0.4) is 0 Å². The molecule has 0 saturated carbocycles. The van der Waals surface area contributed by atoms with Crippen molar-refractivity contribution in [1.82, 2.24) is 5.01 Å². The lowest BCUT2D eigenvalue weighted by molar-refractivity contribution is 0.230. The van der Waals surface area contributed by atoms with E-state index >= 15 is 0 Å². The zero-order valence-electron chi connectivity index (χ0n) is 9.70. The van der Waals surface area contributed by atoms with Crippen LogP contribution in [-0.4, -0.2) is 36.0 Å². The molecule has 3 nitrogen and oxygen atoms in total. The van der Waals surface area contributed by atoms with Crippen LogP contribution in [0.4, 0.5) is 0 Å². The summed E-state index contributed by atoms with van der Waals surface area (Å²) in [6, 6.07) is 0. The standard InChI is InChI=1S/C11H22N2O/c1-5-7-10(12-13(3)4)9-11(14)8-6-2/h6,8,11,14H,5,7,9H2,1-4H3/b8-6+,12-10+. The number of hydrazone groups is 1. The number of aliphatic hydroxyl groups excluding tert-OH is 1. The summed E-state index contributed by atoms with van der Waals surface area (Å²) in [6.45, 7) is 4.03. The van der Waals surface area contributed by atoms with E-state index < -0.39 is 6.10 Å². The summed E-state index contributed by atoms with van der Waals surface area (Å²) in [6.07, 6.45) is 5.91. The molecule has 82 valence electrons. The SMILES string of the molecule is C/C=C/C(O)C/C(CCC)=N/N(C)C. The Morgan fingerprint density at radius 2 is 2.14 bits per heavy atom. The van der Waals surface area contributed by atoms with Crippen molar-refractivity contribution in [2.75, 3.05) is 14.1 Å². The van der Waals surface area contributed by atoms with Crippen molar-refractivity contribution in [2.45, 2.75) is 39.2 Å². The van der Waals surface area contributed by atoms with Crippen molar-refractivity contribution in [3.8, 4) is 0 Å². The fraction of sp³-hybridized carbons (Fsp3) is 0.727. The van der Waals surface area contributed by atoms with Gasteiger partial charge in [0.05, 0.1) is 6.10 Å². The maximum Gasteiger partial charge on any atom is 0.0773 e. The Hall–Kier alpha value is -0.830. The first-order valence-corrected chi connectivity index (χ1v) is 5.14. The molecular weight excluding hydrogens is 176 g/mol. The third-order valence-corrected chi connectivity index (χ3v) is 1.74. The fourth-order valence-electron chi connectivity index (χ4n) is 1.30. The Labute approximate surface area is 87.1 Å². The molecule has 1 unspecified atom stereocenters. The van der Waals surface area contributed by atoms with Gasteiger partial charge in [0.25, 0.3) is 0 Å². The van der Waals surface area contributed by atoms with Crippen molar-refractivity contribution in [1.29, 1.82) is 0 Å². The van der Waals surface area contributed by atoms with Gasteiger partial charge in [-0.25, -0.2) is 0 Å². The minimum absolute atomic E-state index is 0.398. The molecule has 14 heavy (non-hydrogen) atoms. The molecule has 3 heteroatoms. The van der Waals surface area contributed by atoms with Gasteiger partial charge < -0.3 is 10.1 Å². The molecule has 0 radical (unpaired) electrons. The molecular formula is C11H22N2O. The van der Waals surface area contributed by atoms with Gasteiger partial charge in [0.15, 0.2) is 0 Å². The summed E-state index contributed by atoms with van der Waals surface area (Å²) in [5.74, 6) is 0. The van der Waals surface area contributed by atoms with Crippen LogP contribution in [-0.2, 0) is 0 Å². The van der Waals surface area contributed by atoms with Gasteiger partial charge in [-0.3, -0.25) is 0 Å². The van der Waals surface area contributed by atoms with Crippen molar-refractivity contribution in [3.05, 3.63) is 12.2 Å². The van der Waals surface area contributed by atoms with Crippen LogP contribution in [0.5, 0.6) is 0 Å². The Morgan fingerprint density at radius 1 is 1.50 bits per heavy atom. The molecule has 0 aromatic carbocycles. The summed E-state index contributed by atoms with van der Waals surface area (Å²) < 4.78 is 0. The lowest BCUT2D eigenvalue weighted by Crippen LogP contribution is -2.15. The summed E-state index contributed by atoms with van der Waals surface area (Å²) >= 11 is 0. The summed E-state index contributed by atoms with van der Waals surface area (Å²) in [5.41, 5.74) is 1.06. The molecule has 0 aromatic rings. The van der Waals surface area contributed by atoms with Crippen LogP contribution < -0.4 is 0 Å². The minimum atomic E-state index is -0.398. The van der Waals surface area contributed by atoms with E-state index in [1.165, 1.54) is 0 Å². The molecule has 0 rings (SSSR count). The molecule has 0 heterocycles. The summed E-state index contributed by atoms with van der Waals surface area (Å²) in [5, 5.41) is 15.7. The van der Waals surface area contributed by atoms with E-state index in [2.05, 4.69) is 12.0 Å². The van der Waals surface area contributed by atoms with Gasteiger partial charge in [-0.15, -0.1) is 0 Å². The van der Waals surface area contributed by atoms with Crippen LogP contribution in [0.2, 0.25) is 0 Å². The molecule has 0 aromatic heterocycles. The lowest BCUT2D eigenvalue weighted by Gasteiger charge is -2.12. The van der Waals surface area contributed by atoms with Crippen LogP contribution in [0.1, 0.15) is 33.1 Å². The first-order chi connectivity index (χ1) is 6.60. The quantitative estimate of drug-likeness (QED) is 0.403. The van der Waals surface area contributed by atoms with Gasteiger partial charge in [0.1, 0.15) is 0 Å². The van der Waals surface area contributed by atoms with Gasteiger partial charge in [0, 0.05) is 26.2 Å². The average molecular weight is 198 g/mol. The molecule has 0 spiro atoms.